The molecule has 0 saturated carbocycles. The summed E-state index contributed by atoms with van der Waals surface area (Å²) in [6.45, 7) is 3.96. The zero-order chi connectivity index (χ0) is 19.6. The number of hydrogen-bond donors (Lipinski definition) is 0. The van der Waals surface area contributed by atoms with E-state index in [0.29, 0.717) is 11.3 Å². The third-order valence-electron chi connectivity index (χ3n) is 3.70. The predicted octanol–water partition coefficient (Wildman–Crippen LogP) is 4.00. The summed E-state index contributed by atoms with van der Waals surface area (Å²) in [4.78, 5) is 18.4. The lowest BCUT2D eigenvalue weighted by Gasteiger charge is -2.06. The Morgan fingerprint density at radius 3 is 2.63 bits per heavy atom. The first kappa shape index (κ1) is 18.9. The zero-order valence-corrected chi connectivity index (χ0v) is 16.0. The molecule has 0 spiro atoms. The van der Waals surface area contributed by atoms with Gasteiger partial charge in [-0.05, 0) is 17.5 Å². The quantitative estimate of drug-likeness (QED) is 0.346. The molecule has 2 aromatic heterocycles. The normalized spacial score (nSPS) is 11.5. The fourth-order valence-corrected chi connectivity index (χ4v) is 3.93. The van der Waals surface area contributed by atoms with Crippen LogP contribution in [0.2, 0.25) is 0 Å². The molecule has 0 unspecified atom stereocenters. The van der Waals surface area contributed by atoms with Crippen molar-refractivity contribution in [1.29, 1.82) is 0 Å². The fraction of sp³-hybridized carbons (Fsp3) is 0.176. The Labute approximate surface area is 159 Å². The van der Waals surface area contributed by atoms with Crippen LogP contribution in [-0.2, 0) is 10.1 Å². The summed E-state index contributed by atoms with van der Waals surface area (Å²) in [7, 11) is -4.12. The molecule has 0 aliphatic rings. The molecule has 2 heterocycles. The number of pyridine rings is 1. The third kappa shape index (κ3) is 4.29. The van der Waals surface area contributed by atoms with E-state index in [-0.39, 0.29) is 21.8 Å². The van der Waals surface area contributed by atoms with Crippen LogP contribution in [0.5, 0.6) is 5.19 Å². The molecule has 0 saturated heterocycles. The number of benzene rings is 1. The highest BCUT2D eigenvalue weighted by atomic mass is 32.2. The van der Waals surface area contributed by atoms with Gasteiger partial charge in [-0.1, -0.05) is 43.4 Å². The smallest absolute Gasteiger partial charge is 0.347 e. The predicted molar refractivity (Wildman–Crippen MR) is 100 cm³/mol. The van der Waals surface area contributed by atoms with Crippen LogP contribution in [-0.4, -0.2) is 23.3 Å². The molecule has 0 aliphatic carbocycles. The molecule has 1 aromatic carbocycles. The van der Waals surface area contributed by atoms with E-state index in [1.807, 2.05) is 13.8 Å². The van der Waals surface area contributed by atoms with Gasteiger partial charge in [0.1, 0.15) is 0 Å². The van der Waals surface area contributed by atoms with E-state index in [0.717, 1.165) is 16.9 Å². The van der Waals surface area contributed by atoms with Crippen LogP contribution in [0.4, 0.5) is 5.69 Å². The monoisotopic (exact) mass is 405 g/mol. The molecule has 0 amide bonds. The van der Waals surface area contributed by atoms with E-state index >= 15 is 0 Å². The van der Waals surface area contributed by atoms with Gasteiger partial charge in [0.05, 0.1) is 10.6 Å². The Morgan fingerprint density at radius 1 is 1.22 bits per heavy atom. The molecule has 0 aliphatic heterocycles. The van der Waals surface area contributed by atoms with Crippen molar-refractivity contribution >= 4 is 27.1 Å². The van der Waals surface area contributed by atoms with Gasteiger partial charge in [-0.15, -0.1) is 0 Å². The summed E-state index contributed by atoms with van der Waals surface area (Å²) >= 11 is 0.978. The maximum atomic E-state index is 12.4. The second-order valence-corrected chi connectivity index (χ2v) is 8.24. The number of nitro groups is 1. The van der Waals surface area contributed by atoms with E-state index in [1.54, 1.807) is 17.5 Å². The highest BCUT2D eigenvalue weighted by Crippen LogP contribution is 2.30. The second-order valence-electron chi connectivity index (χ2n) is 5.93. The van der Waals surface area contributed by atoms with Gasteiger partial charge in [-0.25, -0.2) is 9.97 Å². The van der Waals surface area contributed by atoms with E-state index in [4.69, 9.17) is 4.18 Å². The van der Waals surface area contributed by atoms with Crippen LogP contribution in [0.1, 0.15) is 25.3 Å². The second kappa shape index (κ2) is 7.41. The topological polar surface area (TPSA) is 112 Å². The van der Waals surface area contributed by atoms with Crippen molar-refractivity contribution in [3.8, 4) is 16.5 Å². The average molecular weight is 405 g/mol. The Kier molecular flexibility index (Phi) is 5.19. The molecule has 27 heavy (non-hydrogen) atoms. The summed E-state index contributed by atoms with van der Waals surface area (Å²) in [5.41, 5.74) is 1.71. The summed E-state index contributed by atoms with van der Waals surface area (Å²) in [5.74, 6) is 0.228. The number of nitro benzene ring substituents is 1. The van der Waals surface area contributed by atoms with Gasteiger partial charge in [-0.3, -0.25) is 10.1 Å². The minimum absolute atomic E-state index is 0.0787. The number of nitrogens with zero attached hydrogens (tertiary/aromatic N) is 3. The first-order chi connectivity index (χ1) is 12.8. The molecule has 10 heteroatoms. The van der Waals surface area contributed by atoms with Gasteiger partial charge in [0, 0.05) is 29.3 Å². The highest BCUT2D eigenvalue weighted by molar-refractivity contribution is 7.87. The minimum Gasteiger partial charge on any atom is -0.347 e. The van der Waals surface area contributed by atoms with Crippen LogP contribution in [0.15, 0.2) is 53.0 Å². The summed E-state index contributed by atoms with van der Waals surface area (Å²) in [6.07, 6.45) is 1.50. The van der Waals surface area contributed by atoms with E-state index in [2.05, 4.69) is 9.97 Å². The lowest BCUT2D eigenvalue weighted by molar-refractivity contribution is -0.384. The SMILES string of the molecule is CC(C)c1ccc(S(=O)(=O)Oc2nc(-c3cccc([N+](=O)[O-])c3)cs2)nc1. The zero-order valence-electron chi connectivity index (χ0n) is 14.4. The van der Waals surface area contributed by atoms with Gasteiger partial charge in [0.2, 0.25) is 0 Å². The van der Waals surface area contributed by atoms with Crippen LogP contribution < -0.4 is 4.18 Å². The molecule has 8 nitrogen and oxygen atoms in total. The van der Waals surface area contributed by atoms with E-state index in [1.165, 1.54) is 30.5 Å². The van der Waals surface area contributed by atoms with Crippen molar-refractivity contribution in [2.45, 2.75) is 24.8 Å². The number of rotatable bonds is 6. The van der Waals surface area contributed by atoms with E-state index in [9.17, 15) is 18.5 Å². The van der Waals surface area contributed by atoms with Crippen molar-refractivity contribution in [2.24, 2.45) is 0 Å². The summed E-state index contributed by atoms with van der Waals surface area (Å²) < 4.78 is 29.8. The average Bonchev–Trinajstić information content (AvgIpc) is 3.09. The first-order valence-corrected chi connectivity index (χ1v) is 10.2. The molecule has 0 atom stereocenters. The molecule has 3 rings (SSSR count). The number of aromatic nitrogens is 2. The molecule has 140 valence electrons. The van der Waals surface area contributed by atoms with Crippen molar-refractivity contribution in [3.05, 3.63) is 63.7 Å². The maximum Gasteiger partial charge on any atom is 0.359 e. The van der Waals surface area contributed by atoms with Gasteiger partial charge in [0.25, 0.3) is 10.9 Å². The minimum atomic E-state index is -4.12. The number of hydrogen-bond acceptors (Lipinski definition) is 8. The number of non-ortho nitro benzene ring substituents is 1. The lowest BCUT2D eigenvalue weighted by atomic mass is 10.1. The van der Waals surface area contributed by atoms with Crippen LogP contribution in [0, 0.1) is 10.1 Å². The molecule has 0 fully saturated rings. The molecule has 0 radical (unpaired) electrons. The fourth-order valence-electron chi connectivity index (χ4n) is 2.22. The molecule has 0 N–H and O–H groups in total. The first-order valence-electron chi connectivity index (χ1n) is 7.87. The van der Waals surface area contributed by atoms with Gasteiger partial charge in [-0.2, -0.15) is 8.42 Å². The molecular formula is C17H15N3O5S2. The maximum absolute atomic E-state index is 12.4. The van der Waals surface area contributed by atoms with Gasteiger partial charge < -0.3 is 4.18 Å². The van der Waals surface area contributed by atoms with Crippen molar-refractivity contribution in [1.82, 2.24) is 9.97 Å². The largest absolute Gasteiger partial charge is 0.359 e. The summed E-state index contributed by atoms with van der Waals surface area (Å²) in [6, 6.07) is 8.98. The third-order valence-corrected chi connectivity index (χ3v) is 5.65. The van der Waals surface area contributed by atoms with Crippen LogP contribution >= 0.6 is 11.3 Å². The highest BCUT2D eigenvalue weighted by Gasteiger charge is 2.21. The van der Waals surface area contributed by atoms with Gasteiger partial charge in [0.15, 0.2) is 5.03 Å². The Bertz CT molecular complexity index is 1080. The van der Waals surface area contributed by atoms with Crippen molar-refractivity contribution < 1.29 is 17.5 Å². The molecule has 0 bridgehead atoms. The Morgan fingerprint density at radius 2 is 2.00 bits per heavy atom. The number of thiazole rings is 1. The van der Waals surface area contributed by atoms with Crippen molar-refractivity contribution in [2.75, 3.05) is 0 Å². The molecule has 3 aromatic rings. The Balaban J connectivity index is 1.82. The van der Waals surface area contributed by atoms with E-state index < -0.39 is 15.0 Å². The molecular weight excluding hydrogens is 390 g/mol. The van der Waals surface area contributed by atoms with Crippen LogP contribution in [0.3, 0.4) is 0 Å². The van der Waals surface area contributed by atoms with Crippen molar-refractivity contribution in [3.63, 3.8) is 0 Å². The Hall–Kier alpha value is -2.85. The van der Waals surface area contributed by atoms with Crippen LogP contribution in [0.25, 0.3) is 11.3 Å². The standard InChI is InChI=1S/C17H15N3O5S2/c1-11(2)13-6-7-16(18-9-13)27(23,24)25-17-19-15(10-26-17)12-4-3-5-14(8-12)20(21)22/h3-11H,1-2H3. The summed E-state index contributed by atoms with van der Waals surface area (Å²) in [5, 5.41) is 12.1. The van der Waals surface area contributed by atoms with Gasteiger partial charge >= 0.3 is 10.1 Å². The lowest BCUT2D eigenvalue weighted by Crippen LogP contribution is -2.11.